The van der Waals surface area contributed by atoms with Crippen molar-refractivity contribution in [1.29, 1.82) is 0 Å². The van der Waals surface area contributed by atoms with Gasteiger partial charge in [0.25, 0.3) is 0 Å². The Hall–Kier alpha value is -0.980. The summed E-state index contributed by atoms with van der Waals surface area (Å²) in [6, 6.07) is -0.370. The molecule has 3 N–H and O–H groups in total. The lowest BCUT2D eigenvalue weighted by Crippen LogP contribution is -2.28. The predicted octanol–water partition coefficient (Wildman–Crippen LogP) is 0.377. The van der Waals surface area contributed by atoms with Crippen molar-refractivity contribution in [3.05, 3.63) is 11.8 Å². The highest BCUT2D eigenvalue weighted by atomic mass is 16.5. The second-order valence-electron chi connectivity index (χ2n) is 3.36. The van der Waals surface area contributed by atoms with Gasteiger partial charge in [0.1, 0.15) is 12.7 Å². The summed E-state index contributed by atoms with van der Waals surface area (Å²) in [7, 11) is 1.53. The van der Waals surface area contributed by atoms with E-state index in [2.05, 4.69) is 10.2 Å². The molecule has 0 aliphatic carbocycles. The molecule has 15 heavy (non-hydrogen) atoms. The molecule has 1 aromatic rings. The summed E-state index contributed by atoms with van der Waals surface area (Å²) in [5.74, 6) is 0.498. The quantitative estimate of drug-likeness (QED) is 0.712. The summed E-state index contributed by atoms with van der Waals surface area (Å²) in [6.07, 6.45) is 0.712. The average Bonchev–Trinajstić information content (AvgIpc) is 2.66. The minimum absolute atomic E-state index is 0.156. The van der Waals surface area contributed by atoms with E-state index in [0.29, 0.717) is 12.3 Å². The fourth-order valence-electron chi connectivity index (χ4n) is 1.24. The molecule has 1 heterocycles. The zero-order valence-corrected chi connectivity index (χ0v) is 9.01. The smallest absolute Gasteiger partial charge is 0.246 e. The fraction of sp³-hybridized carbons (Fsp3) is 0.778. The van der Waals surface area contributed by atoms with Crippen LogP contribution in [0.4, 0.5) is 0 Å². The number of aromatic nitrogens is 2. The number of hydrogen-bond acceptors (Lipinski definition) is 6. The van der Waals surface area contributed by atoms with Crippen molar-refractivity contribution < 1.29 is 14.3 Å². The number of aliphatic hydroxyl groups excluding tert-OH is 1. The molecule has 0 amide bonds. The Morgan fingerprint density at radius 3 is 2.87 bits per heavy atom. The molecule has 1 rings (SSSR count). The first-order valence-electron chi connectivity index (χ1n) is 4.93. The molecule has 6 heteroatoms. The van der Waals surface area contributed by atoms with Crippen molar-refractivity contribution in [3.8, 4) is 0 Å². The SMILES string of the molecule is CCCC(N)[C@H](O)c1nnc(COC)o1. The minimum atomic E-state index is -0.900. The van der Waals surface area contributed by atoms with E-state index in [1.54, 1.807) is 0 Å². The zero-order chi connectivity index (χ0) is 11.3. The highest BCUT2D eigenvalue weighted by Gasteiger charge is 2.22. The van der Waals surface area contributed by atoms with Crippen LogP contribution in [-0.4, -0.2) is 28.5 Å². The van der Waals surface area contributed by atoms with Crippen molar-refractivity contribution >= 4 is 0 Å². The molecule has 0 aliphatic rings. The van der Waals surface area contributed by atoms with Crippen LogP contribution in [0.15, 0.2) is 4.42 Å². The number of nitrogens with two attached hydrogens (primary N) is 1. The lowest BCUT2D eigenvalue weighted by Gasteiger charge is -2.13. The molecular weight excluding hydrogens is 198 g/mol. The Morgan fingerprint density at radius 2 is 2.27 bits per heavy atom. The molecule has 0 fully saturated rings. The van der Waals surface area contributed by atoms with E-state index < -0.39 is 6.10 Å². The molecule has 0 bridgehead atoms. The van der Waals surface area contributed by atoms with Crippen LogP contribution < -0.4 is 5.73 Å². The highest BCUT2D eigenvalue weighted by molar-refractivity contribution is 4.90. The van der Waals surface area contributed by atoms with Crippen LogP contribution in [0.5, 0.6) is 0 Å². The van der Waals surface area contributed by atoms with Crippen LogP contribution in [0.2, 0.25) is 0 Å². The van der Waals surface area contributed by atoms with Crippen LogP contribution in [-0.2, 0) is 11.3 Å². The van der Waals surface area contributed by atoms with Gasteiger partial charge in [0.2, 0.25) is 11.8 Å². The predicted molar refractivity (Wildman–Crippen MR) is 52.9 cm³/mol. The average molecular weight is 215 g/mol. The standard InChI is InChI=1S/C9H17N3O3/c1-3-4-6(10)8(13)9-12-11-7(15-9)5-14-2/h6,8,13H,3-5,10H2,1-2H3/t6?,8-/m0/s1. The molecule has 2 atom stereocenters. The van der Waals surface area contributed by atoms with E-state index in [-0.39, 0.29) is 18.5 Å². The number of ether oxygens (including phenoxy) is 1. The summed E-state index contributed by atoms with van der Waals surface area (Å²) >= 11 is 0. The molecular formula is C9H17N3O3. The van der Waals surface area contributed by atoms with Crippen LogP contribution in [0.1, 0.15) is 37.7 Å². The van der Waals surface area contributed by atoms with Gasteiger partial charge in [-0.15, -0.1) is 10.2 Å². The van der Waals surface area contributed by atoms with Gasteiger partial charge in [-0.25, -0.2) is 0 Å². The monoisotopic (exact) mass is 215 g/mol. The minimum Gasteiger partial charge on any atom is -0.420 e. The summed E-state index contributed by atoms with van der Waals surface area (Å²) in [6.45, 7) is 2.24. The molecule has 1 aromatic heterocycles. The van der Waals surface area contributed by atoms with Gasteiger partial charge in [0, 0.05) is 13.2 Å². The fourth-order valence-corrected chi connectivity index (χ4v) is 1.24. The Labute approximate surface area is 88.4 Å². The van der Waals surface area contributed by atoms with E-state index in [0.717, 1.165) is 6.42 Å². The van der Waals surface area contributed by atoms with Crippen LogP contribution >= 0.6 is 0 Å². The van der Waals surface area contributed by atoms with E-state index in [1.807, 2.05) is 6.92 Å². The molecule has 0 spiro atoms. The van der Waals surface area contributed by atoms with Crippen LogP contribution in [0.3, 0.4) is 0 Å². The second kappa shape index (κ2) is 5.79. The van der Waals surface area contributed by atoms with Crippen molar-refractivity contribution in [2.45, 2.75) is 38.5 Å². The first kappa shape index (κ1) is 12.1. The maximum absolute atomic E-state index is 9.74. The molecule has 0 aromatic carbocycles. The first-order chi connectivity index (χ1) is 7.19. The number of rotatable bonds is 6. The van der Waals surface area contributed by atoms with Gasteiger partial charge in [-0.05, 0) is 6.42 Å². The number of aliphatic hydroxyl groups is 1. The van der Waals surface area contributed by atoms with Crippen molar-refractivity contribution in [2.24, 2.45) is 5.73 Å². The largest absolute Gasteiger partial charge is 0.420 e. The first-order valence-corrected chi connectivity index (χ1v) is 4.93. The van der Waals surface area contributed by atoms with Gasteiger partial charge in [0.05, 0.1) is 0 Å². The normalized spacial score (nSPS) is 15.2. The maximum atomic E-state index is 9.74. The molecule has 0 saturated heterocycles. The highest BCUT2D eigenvalue weighted by Crippen LogP contribution is 2.17. The van der Waals surface area contributed by atoms with E-state index >= 15 is 0 Å². The van der Waals surface area contributed by atoms with Crippen LogP contribution in [0.25, 0.3) is 0 Å². The number of hydrogen-bond donors (Lipinski definition) is 2. The molecule has 86 valence electrons. The van der Waals surface area contributed by atoms with E-state index in [1.165, 1.54) is 7.11 Å². The van der Waals surface area contributed by atoms with E-state index in [4.69, 9.17) is 14.9 Å². The Bertz CT molecular complexity index is 290. The van der Waals surface area contributed by atoms with Gasteiger partial charge in [-0.3, -0.25) is 0 Å². The Morgan fingerprint density at radius 1 is 1.53 bits per heavy atom. The Kier molecular flexibility index (Phi) is 4.67. The lowest BCUT2D eigenvalue weighted by atomic mass is 10.1. The number of nitrogens with zero attached hydrogens (tertiary/aromatic N) is 2. The topological polar surface area (TPSA) is 94.4 Å². The molecule has 1 unspecified atom stereocenters. The molecule has 0 aliphatic heterocycles. The molecule has 0 radical (unpaired) electrons. The third-order valence-electron chi connectivity index (χ3n) is 2.03. The third kappa shape index (κ3) is 3.26. The maximum Gasteiger partial charge on any atom is 0.246 e. The van der Waals surface area contributed by atoms with Gasteiger partial charge in [-0.1, -0.05) is 13.3 Å². The van der Waals surface area contributed by atoms with Crippen molar-refractivity contribution in [1.82, 2.24) is 10.2 Å². The van der Waals surface area contributed by atoms with Gasteiger partial charge >= 0.3 is 0 Å². The zero-order valence-electron chi connectivity index (χ0n) is 9.01. The Balaban J connectivity index is 2.60. The molecule has 6 nitrogen and oxygen atoms in total. The van der Waals surface area contributed by atoms with E-state index in [9.17, 15) is 5.11 Å². The van der Waals surface area contributed by atoms with Crippen molar-refractivity contribution in [3.63, 3.8) is 0 Å². The summed E-state index contributed by atoms with van der Waals surface area (Å²) in [4.78, 5) is 0. The van der Waals surface area contributed by atoms with Crippen LogP contribution in [0, 0.1) is 0 Å². The van der Waals surface area contributed by atoms with Gasteiger partial charge in [0.15, 0.2) is 0 Å². The van der Waals surface area contributed by atoms with Crippen molar-refractivity contribution in [2.75, 3.05) is 7.11 Å². The number of methoxy groups -OCH3 is 1. The summed E-state index contributed by atoms with van der Waals surface area (Å²) < 4.78 is 10.00. The lowest BCUT2D eigenvalue weighted by molar-refractivity contribution is 0.103. The third-order valence-corrected chi connectivity index (χ3v) is 2.03. The summed E-state index contributed by atoms with van der Waals surface area (Å²) in [5.41, 5.74) is 5.73. The second-order valence-corrected chi connectivity index (χ2v) is 3.36. The van der Waals surface area contributed by atoms with Gasteiger partial charge < -0.3 is 20.0 Å². The molecule has 0 saturated carbocycles. The summed E-state index contributed by atoms with van der Waals surface area (Å²) in [5, 5.41) is 17.2. The van der Waals surface area contributed by atoms with Gasteiger partial charge in [-0.2, -0.15) is 0 Å².